The quantitative estimate of drug-likeness (QED) is 0.247. The van der Waals surface area contributed by atoms with Gasteiger partial charge in [0, 0.05) is 61.9 Å². The standard InChI is InChI=1S/C33H47N5O5S/c1-6-37(7-2)17-15-34-33(40)24-8-13-30-28(18-24)32(38-16-14-29(25(21-38)22-39)35-19-23(3)4)31(20-36-30)44(41,42)27-11-9-26(43-5)10-12-27/h8-13,18,20,23,25,29,35,39H,6-7,14-17,19,21-22H2,1-5H3,(H,34,40). The number of anilines is 1. The maximum absolute atomic E-state index is 14.2. The maximum atomic E-state index is 14.2. The molecule has 2 atom stereocenters. The number of ether oxygens (including phenoxy) is 1. The summed E-state index contributed by atoms with van der Waals surface area (Å²) in [6.45, 7) is 13.4. The number of nitrogens with one attached hydrogen (secondary N) is 2. The molecule has 1 saturated heterocycles. The van der Waals surface area contributed by atoms with Crippen molar-refractivity contribution >= 4 is 32.3 Å². The molecule has 2 heterocycles. The first-order valence-electron chi connectivity index (χ1n) is 15.5. The molecule has 11 heteroatoms. The van der Waals surface area contributed by atoms with E-state index in [0.29, 0.717) is 53.5 Å². The molecule has 0 bridgehead atoms. The van der Waals surface area contributed by atoms with Gasteiger partial charge in [0.1, 0.15) is 10.6 Å². The van der Waals surface area contributed by atoms with Crippen LogP contribution in [0.1, 0.15) is 44.5 Å². The van der Waals surface area contributed by atoms with Gasteiger partial charge in [-0.15, -0.1) is 0 Å². The molecule has 0 spiro atoms. The molecule has 4 rings (SSSR count). The number of rotatable bonds is 14. The number of fused-ring (bicyclic) bond motifs is 1. The lowest BCUT2D eigenvalue weighted by molar-refractivity contribution is 0.0949. The van der Waals surface area contributed by atoms with Crippen molar-refractivity contribution < 1.29 is 23.1 Å². The third kappa shape index (κ3) is 7.69. The van der Waals surface area contributed by atoms with Gasteiger partial charge in [-0.25, -0.2) is 8.42 Å². The molecule has 44 heavy (non-hydrogen) atoms. The second-order valence-electron chi connectivity index (χ2n) is 11.8. The minimum Gasteiger partial charge on any atom is -0.497 e. The van der Waals surface area contributed by atoms with Crippen LogP contribution < -0.4 is 20.3 Å². The average Bonchev–Trinajstić information content (AvgIpc) is 3.04. The zero-order valence-electron chi connectivity index (χ0n) is 26.5. The Bertz CT molecular complexity index is 1510. The number of carbonyl (C=O) groups is 1. The molecule has 1 aliphatic heterocycles. The summed E-state index contributed by atoms with van der Waals surface area (Å²) in [6.07, 6.45) is 2.15. The van der Waals surface area contributed by atoms with Crippen LogP contribution in [0.2, 0.25) is 0 Å². The van der Waals surface area contributed by atoms with E-state index in [1.165, 1.54) is 25.4 Å². The van der Waals surface area contributed by atoms with Crippen molar-refractivity contribution in [3.05, 3.63) is 54.2 Å². The average molecular weight is 626 g/mol. The van der Waals surface area contributed by atoms with E-state index in [9.17, 15) is 18.3 Å². The molecule has 1 aliphatic rings. The van der Waals surface area contributed by atoms with E-state index in [1.54, 1.807) is 30.3 Å². The summed E-state index contributed by atoms with van der Waals surface area (Å²) in [5.74, 6) is 0.695. The summed E-state index contributed by atoms with van der Waals surface area (Å²) in [4.78, 5) is 22.2. The van der Waals surface area contributed by atoms with Crippen LogP contribution in [0.4, 0.5) is 5.69 Å². The number of aromatic nitrogens is 1. The number of methoxy groups -OCH3 is 1. The van der Waals surface area contributed by atoms with E-state index in [-0.39, 0.29) is 34.3 Å². The first kappa shape index (κ1) is 33.6. The molecular formula is C33H47N5O5S. The molecular weight excluding hydrogens is 578 g/mol. The highest BCUT2D eigenvalue weighted by Crippen LogP contribution is 2.38. The van der Waals surface area contributed by atoms with Crippen LogP contribution in [0.3, 0.4) is 0 Å². The minimum atomic E-state index is -4.00. The number of aliphatic hydroxyl groups is 1. The molecule has 1 aromatic heterocycles. The van der Waals surface area contributed by atoms with Crippen molar-refractivity contribution in [2.75, 3.05) is 64.4 Å². The fourth-order valence-electron chi connectivity index (χ4n) is 5.75. The maximum Gasteiger partial charge on any atom is 0.251 e. The highest BCUT2D eigenvalue weighted by Gasteiger charge is 2.33. The smallest absolute Gasteiger partial charge is 0.251 e. The predicted octanol–water partition coefficient (Wildman–Crippen LogP) is 3.58. The Hall–Kier alpha value is -3.25. The van der Waals surface area contributed by atoms with Crippen LogP contribution in [-0.2, 0) is 9.84 Å². The van der Waals surface area contributed by atoms with Crippen LogP contribution in [0, 0.1) is 11.8 Å². The Morgan fingerprint density at radius 1 is 1.16 bits per heavy atom. The van der Waals surface area contributed by atoms with Crippen LogP contribution in [0.15, 0.2) is 58.5 Å². The molecule has 10 nitrogen and oxygen atoms in total. The molecule has 3 N–H and O–H groups in total. The fourth-order valence-corrected chi connectivity index (χ4v) is 7.19. The van der Waals surface area contributed by atoms with E-state index < -0.39 is 9.84 Å². The number of likely N-dealkylation sites (N-methyl/N-ethyl adjacent to an activating group) is 1. The zero-order valence-corrected chi connectivity index (χ0v) is 27.4. The highest BCUT2D eigenvalue weighted by atomic mass is 32.2. The zero-order chi connectivity index (χ0) is 31.9. The summed E-state index contributed by atoms with van der Waals surface area (Å²) in [7, 11) is -2.47. The van der Waals surface area contributed by atoms with Gasteiger partial charge >= 0.3 is 0 Å². The Balaban J connectivity index is 1.77. The van der Waals surface area contributed by atoms with Crippen molar-refractivity contribution in [2.45, 2.75) is 49.9 Å². The lowest BCUT2D eigenvalue weighted by Crippen LogP contribution is -2.51. The Morgan fingerprint density at radius 3 is 2.52 bits per heavy atom. The van der Waals surface area contributed by atoms with Gasteiger partial charge in [0.15, 0.2) is 0 Å². The normalized spacial score (nSPS) is 17.4. The summed E-state index contributed by atoms with van der Waals surface area (Å²) in [6, 6.07) is 11.6. The summed E-state index contributed by atoms with van der Waals surface area (Å²) in [5, 5.41) is 17.5. The lowest BCUT2D eigenvalue weighted by atomic mass is 9.91. The van der Waals surface area contributed by atoms with Crippen molar-refractivity contribution in [1.82, 2.24) is 20.5 Å². The van der Waals surface area contributed by atoms with Crippen LogP contribution >= 0.6 is 0 Å². The predicted molar refractivity (Wildman–Crippen MR) is 174 cm³/mol. The number of carbonyl (C=O) groups excluding carboxylic acids is 1. The first-order chi connectivity index (χ1) is 21.1. The van der Waals surface area contributed by atoms with Crippen molar-refractivity contribution in [3.8, 4) is 5.75 Å². The van der Waals surface area contributed by atoms with Gasteiger partial charge < -0.3 is 30.3 Å². The molecule has 0 aliphatic carbocycles. The number of hydrogen-bond donors (Lipinski definition) is 3. The fraction of sp³-hybridized carbons (Fsp3) is 0.515. The number of aliphatic hydroxyl groups excluding tert-OH is 1. The minimum absolute atomic E-state index is 0.0317. The second kappa shape index (κ2) is 15.2. The number of benzene rings is 2. The largest absolute Gasteiger partial charge is 0.497 e. The third-order valence-electron chi connectivity index (χ3n) is 8.41. The molecule has 1 amide bonds. The molecule has 0 saturated carbocycles. The number of amides is 1. The van der Waals surface area contributed by atoms with E-state index in [4.69, 9.17) is 4.74 Å². The molecule has 0 radical (unpaired) electrons. The Kier molecular flexibility index (Phi) is 11.6. The number of pyridine rings is 1. The monoisotopic (exact) mass is 625 g/mol. The van der Waals surface area contributed by atoms with Crippen LogP contribution in [-0.4, -0.2) is 94.9 Å². The van der Waals surface area contributed by atoms with Crippen molar-refractivity contribution in [2.24, 2.45) is 11.8 Å². The van der Waals surface area contributed by atoms with Gasteiger partial charge in [-0.3, -0.25) is 9.78 Å². The summed E-state index contributed by atoms with van der Waals surface area (Å²) in [5.41, 5.74) is 1.53. The number of sulfone groups is 1. The Morgan fingerprint density at radius 2 is 1.89 bits per heavy atom. The van der Waals surface area contributed by atoms with Crippen molar-refractivity contribution in [3.63, 3.8) is 0 Å². The van der Waals surface area contributed by atoms with E-state index in [2.05, 4.69) is 48.2 Å². The first-order valence-corrected chi connectivity index (χ1v) is 17.0. The number of piperidine rings is 1. The summed E-state index contributed by atoms with van der Waals surface area (Å²) < 4.78 is 33.6. The van der Waals surface area contributed by atoms with Gasteiger partial charge in [-0.1, -0.05) is 27.7 Å². The molecule has 2 aromatic carbocycles. The Labute approximate surface area is 261 Å². The van der Waals surface area contributed by atoms with Gasteiger partial charge in [0.05, 0.1) is 23.2 Å². The molecule has 3 aromatic rings. The number of nitrogens with zero attached hydrogens (tertiary/aromatic N) is 3. The van der Waals surface area contributed by atoms with Gasteiger partial charge in [-0.2, -0.15) is 0 Å². The second-order valence-corrected chi connectivity index (χ2v) is 13.7. The van der Waals surface area contributed by atoms with Gasteiger partial charge in [0.2, 0.25) is 9.84 Å². The molecule has 1 fully saturated rings. The van der Waals surface area contributed by atoms with E-state index in [0.717, 1.165) is 32.6 Å². The van der Waals surface area contributed by atoms with Gasteiger partial charge in [0.25, 0.3) is 5.91 Å². The van der Waals surface area contributed by atoms with E-state index in [1.807, 2.05) is 4.90 Å². The SMILES string of the molecule is CCN(CC)CCNC(=O)c1ccc2ncc(S(=O)(=O)c3ccc(OC)cc3)c(N3CCC(NCC(C)C)C(CO)C3)c2c1. The number of hydrogen-bond acceptors (Lipinski definition) is 9. The van der Waals surface area contributed by atoms with E-state index >= 15 is 0 Å². The van der Waals surface area contributed by atoms with Crippen LogP contribution in [0.25, 0.3) is 10.9 Å². The molecule has 2 unspecified atom stereocenters. The topological polar surface area (TPSA) is 124 Å². The van der Waals surface area contributed by atoms with Crippen LogP contribution in [0.5, 0.6) is 5.75 Å². The molecule has 240 valence electrons. The third-order valence-corrected chi connectivity index (χ3v) is 10.2. The van der Waals surface area contributed by atoms with Crippen molar-refractivity contribution in [1.29, 1.82) is 0 Å². The lowest BCUT2D eigenvalue weighted by Gasteiger charge is -2.40. The van der Waals surface area contributed by atoms with Gasteiger partial charge in [-0.05, 0) is 74.4 Å². The summed E-state index contributed by atoms with van der Waals surface area (Å²) >= 11 is 0. The highest BCUT2D eigenvalue weighted by molar-refractivity contribution is 7.91.